The van der Waals surface area contributed by atoms with E-state index in [0.717, 1.165) is 17.7 Å². The van der Waals surface area contributed by atoms with Crippen molar-refractivity contribution in [3.8, 4) is 11.1 Å². The first kappa shape index (κ1) is 14.1. The van der Waals surface area contributed by atoms with Gasteiger partial charge in [0.2, 0.25) is 0 Å². The Morgan fingerprint density at radius 1 is 0.857 bits per heavy atom. The van der Waals surface area contributed by atoms with Crippen molar-refractivity contribution < 1.29 is 22.6 Å². The molecule has 0 radical (unpaired) electrons. The topological polar surface area (TPSA) is 18.5 Å². The molecule has 110 valence electrons. The highest BCUT2D eigenvalue weighted by atomic mass is 19.4. The molecule has 0 aliphatic carbocycles. The minimum absolute atomic E-state index is 0.434. The number of rotatable bonds is 2. The normalized spacial score (nSPS) is 16.3. The van der Waals surface area contributed by atoms with E-state index in [0.29, 0.717) is 24.3 Å². The Bertz CT molecular complexity index is 631. The molecule has 2 aromatic rings. The van der Waals surface area contributed by atoms with Crippen LogP contribution in [0, 0.1) is 0 Å². The molecule has 0 unspecified atom stereocenters. The molecule has 1 aliphatic rings. The number of halogens is 3. The maximum Gasteiger partial charge on any atom is 0.416 e. The van der Waals surface area contributed by atoms with Gasteiger partial charge >= 0.3 is 6.18 Å². The number of hydrogen-bond acceptors (Lipinski definition) is 2. The summed E-state index contributed by atoms with van der Waals surface area (Å²) in [5.41, 5.74) is 1.38. The average molecular weight is 294 g/mol. The second-order valence-electron chi connectivity index (χ2n) is 4.78. The Labute approximate surface area is 120 Å². The SMILES string of the molecule is FC(F)(F)c1cccc(-c2cccc(C3OCCO3)c2)c1. The molecule has 5 heteroatoms. The van der Waals surface area contributed by atoms with E-state index in [1.54, 1.807) is 24.3 Å². The summed E-state index contributed by atoms with van der Waals surface area (Å²) in [7, 11) is 0. The van der Waals surface area contributed by atoms with Crippen LogP contribution in [0.3, 0.4) is 0 Å². The van der Waals surface area contributed by atoms with E-state index in [2.05, 4.69) is 0 Å². The third kappa shape index (κ3) is 3.09. The van der Waals surface area contributed by atoms with Gasteiger partial charge in [0.1, 0.15) is 0 Å². The van der Waals surface area contributed by atoms with Crippen LogP contribution < -0.4 is 0 Å². The first-order chi connectivity index (χ1) is 10.0. The van der Waals surface area contributed by atoms with Crippen molar-refractivity contribution in [3.05, 3.63) is 59.7 Å². The zero-order valence-electron chi connectivity index (χ0n) is 11.1. The van der Waals surface area contributed by atoms with E-state index in [1.165, 1.54) is 6.07 Å². The van der Waals surface area contributed by atoms with Gasteiger partial charge < -0.3 is 9.47 Å². The minimum atomic E-state index is -4.34. The van der Waals surface area contributed by atoms with Gasteiger partial charge in [0, 0.05) is 5.56 Å². The first-order valence-corrected chi connectivity index (χ1v) is 6.55. The monoisotopic (exact) mass is 294 g/mol. The maximum absolute atomic E-state index is 12.8. The smallest absolute Gasteiger partial charge is 0.346 e. The lowest BCUT2D eigenvalue weighted by molar-refractivity contribution is -0.137. The highest BCUT2D eigenvalue weighted by Crippen LogP contribution is 2.33. The van der Waals surface area contributed by atoms with Crippen molar-refractivity contribution in [2.24, 2.45) is 0 Å². The fraction of sp³-hybridized carbons (Fsp3) is 0.250. The summed E-state index contributed by atoms with van der Waals surface area (Å²) in [6, 6.07) is 12.5. The molecule has 0 N–H and O–H groups in total. The van der Waals surface area contributed by atoms with E-state index < -0.39 is 18.0 Å². The van der Waals surface area contributed by atoms with E-state index in [1.807, 2.05) is 6.07 Å². The predicted octanol–water partition coefficient (Wildman–Crippen LogP) is 4.42. The molecule has 2 nitrogen and oxygen atoms in total. The second kappa shape index (κ2) is 5.50. The van der Waals surface area contributed by atoms with E-state index in [9.17, 15) is 13.2 Å². The lowest BCUT2D eigenvalue weighted by Gasteiger charge is -2.12. The van der Waals surface area contributed by atoms with Crippen LogP contribution in [0.1, 0.15) is 17.4 Å². The van der Waals surface area contributed by atoms with Gasteiger partial charge in [-0.2, -0.15) is 13.2 Å². The molecule has 1 fully saturated rings. The molecule has 0 aromatic heterocycles. The minimum Gasteiger partial charge on any atom is -0.346 e. The standard InChI is InChI=1S/C16H13F3O2/c17-16(18,19)14-6-2-4-12(10-14)11-3-1-5-13(9-11)15-20-7-8-21-15/h1-6,9-10,15H,7-8H2. The third-order valence-corrected chi connectivity index (χ3v) is 3.30. The summed E-state index contributed by atoms with van der Waals surface area (Å²) in [5.74, 6) is 0. The Morgan fingerprint density at radius 3 is 2.14 bits per heavy atom. The lowest BCUT2D eigenvalue weighted by Crippen LogP contribution is -2.04. The van der Waals surface area contributed by atoms with Crippen molar-refractivity contribution in [2.75, 3.05) is 13.2 Å². The molecule has 1 heterocycles. The van der Waals surface area contributed by atoms with Gasteiger partial charge in [-0.1, -0.05) is 30.3 Å². The van der Waals surface area contributed by atoms with Crippen LogP contribution in [0.15, 0.2) is 48.5 Å². The zero-order chi connectivity index (χ0) is 14.9. The van der Waals surface area contributed by atoms with E-state index in [4.69, 9.17) is 9.47 Å². The van der Waals surface area contributed by atoms with Gasteiger partial charge in [0.25, 0.3) is 0 Å². The van der Waals surface area contributed by atoms with Crippen molar-refractivity contribution in [2.45, 2.75) is 12.5 Å². The van der Waals surface area contributed by atoms with Gasteiger partial charge in [-0.25, -0.2) is 0 Å². The Hall–Kier alpha value is -1.85. The van der Waals surface area contributed by atoms with Gasteiger partial charge in [0.05, 0.1) is 18.8 Å². The van der Waals surface area contributed by atoms with Crippen LogP contribution in [-0.4, -0.2) is 13.2 Å². The van der Waals surface area contributed by atoms with Crippen LogP contribution >= 0.6 is 0 Å². The number of ether oxygens (including phenoxy) is 2. The summed E-state index contributed by atoms with van der Waals surface area (Å²) in [4.78, 5) is 0. The molecule has 2 aromatic carbocycles. The molecule has 1 aliphatic heterocycles. The van der Waals surface area contributed by atoms with Crippen molar-refractivity contribution in [1.29, 1.82) is 0 Å². The van der Waals surface area contributed by atoms with E-state index in [-0.39, 0.29) is 0 Å². The largest absolute Gasteiger partial charge is 0.416 e. The predicted molar refractivity (Wildman–Crippen MR) is 71.5 cm³/mol. The van der Waals surface area contributed by atoms with Crippen LogP contribution in [0.25, 0.3) is 11.1 Å². The fourth-order valence-corrected chi connectivity index (χ4v) is 2.29. The molecule has 0 bridgehead atoms. The summed E-state index contributed by atoms with van der Waals surface area (Å²) >= 11 is 0. The van der Waals surface area contributed by atoms with Crippen molar-refractivity contribution in [1.82, 2.24) is 0 Å². The first-order valence-electron chi connectivity index (χ1n) is 6.55. The van der Waals surface area contributed by atoms with Crippen LogP contribution in [0.4, 0.5) is 13.2 Å². The summed E-state index contributed by atoms with van der Waals surface area (Å²) < 4.78 is 49.1. The molecule has 0 atom stereocenters. The molecule has 0 amide bonds. The third-order valence-electron chi connectivity index (χ3n) is 3.30. The molecule has 0 saturated carbocycles. The summed E-state index contributed by atoms with van der Waals surface area (Å²) in [6.45, 7) is 1.05. The Morgan fingerprint density at radius 2 is 1.48 bits per heavy atom. The molecular formula is C16H13F3O2. The number of benzene rings is 2. The number of alkyl halides is 3. The zero-order valence-corrected chi connectivity index (χ0v) is 11.1. The summed E-state index contributed by atoms with van der Waals surface area (Å²) in [5, 5.41) is 0. The van der Waals surface area contributed by atoms with Crippen LogP contribution in [0.5, 0.6) is 0 Å². The van der Waals surface area contributed by atoms with E-state index >= 15 is 0 Å². The maximum atomic E-state index is 12.8. The van der Waals surface area contributed by atoms with Crippen LogP contribution in [0.2, 0.25) is 0 Å². The van der Waals surface area contributed by atoms with Gasteiger partial charge in [-0.15, -0.1) is 0 Å². The van der Waals surface area contributed by atoms with Crippen LogP contribution in [-0.2, 0) is 15.7 Å². The quantitative estimate of drug-likeness (QED) is 0.816. The molecule has 3 rings (SSSR count). The highest BCUT2D eigenvalue weighted by molar-refractivity contribution is 5.65. The molecule has 0 spiro atoms. The second-order valence-corrected chi connectivity index (χ2v) is 4.78. The van der Waals surface area contributed by atoms with Crippen molar-refractivity contribution in [3.63, 3.8) is 0 Å². The average Bonchev–Trinajstić information content (AvgIpc) is 3.01. The van der Waals surface area contributed by atoms with Gasteiger partial charge in [-0.05, 0) is 29.3 Å². The number of hydrogen-bond donors (Lipinski definition) is 0. The Kier molecular flexibility index (Phi) is 3.69. The molecule has 21 heavy (non-hydrogen) atoms. The lowest BCUT2D eigenvalue weighted by atomic mass is 10.0. The fourth-order valence-electron chi connectivity index (χ4n) is 2.29. The Balaban J connectivity index is 1.95. The van der Waals surface area contributed by atoms with Crippen molar-refractivity contribution >= 4 is 0 Å². The summed E-state index contributed by atoms with van der Waals surface area (Å²) in [6.07, 6.45) is -4.78. The van der Waals surface area contributed by atoms with Gasteiger partial charge in [0.15, 0.2) is 6.29 Å². The molecular weight excluding hydrogens is 281 g/mol. The molecule has 1 saturated heterocycles. The van der Waals surface area contributed by atoms with Gasteiger partial charge in [-0.3, -0.25) is 0 Å². The highest BCUT2D eigenvalue weighted by Gasteiger charge is 2.30.